The molecule has 0 saturated carbocycles. The molecule has 1 aromatic carbocycles. The monoisotopic (exact) mass is 263 g/mol. The summed E-state index contributed by atoms with van der Waals surface area (Å²) in [5.41, 5.74) is 1.93. The van der Waals surface area contributed by atoms with Crippen LogP contribution in [0.1, 0.15) is 34.3 Å². The molecule has 1 aliphatic heterocycles. The first-order chi connectivity index (χ1) is 9.00. The van der Waals surface area contributed by atoms with Crippen LogP contribution in [0, 0.1) is 13.8 Å². The van der Waals surface area contributed by atoms with E-state index in [1.807, 2.05) is 32.0 Å². The molecule has 0 unspecified atom stereocenters. The zero-order valence-electron chi connectivity index (χ0n) is 11.5. The van der Waals surface area contributed by atoms with Crippen LogP contribution in [0.3, 0.4) is 0 Å². The van der Waals surface area contributed by atoms with Crippen LogP contribution in [0.25, 0.3) is 0 Å². The molecular weight excluding hydrogens is 242 g/mol. The van der Waals surface area contributed by atoms with Crippen molar-refractivity contribution in [2.45, 2.75) is 32.3 Å². The van der Waals surface area contributed by atoms with Gasteiger partial charge in [-0.1, -0.05) is 17.7 Å². The fourth-order valence-electron chi connectivity index (χ4n) is 2.34. The van der Waals surface area contributed by atoms with Crippen LogP contribution in [0.2, 0.25) is 0 Å². The topological polar surface area (TPSA) is 58.6 Å². The Morgan fingerprint density at radius 3 is 2.68 bits per heavy atom. The number of ether oxygens (including phenoxy) is 1. The van der Waals surface area contributed by atoms with Crippen LogP contribution in [-0.4, -0.2) is 36.4 Å². The molecule has 0 aromatic heterocycles. The molecule has 0 aliphatic carbocycles. The van der Waals surface area contributed by atoms with E-state index in [2.05, 4.69) is 5.32 Å². The maximum Gasteiger partial charge on any atom is 0.251 e. The van der Waals surface area contributed by atoms with E-state index in [9.17, 15) is 9.90 Å². The minimum Gasteiger partial charge on any atom is -0.388 e. The van der Waals surface area contributed by atoms with Gasteiger partial charge in [-0.15, -0.1) is 0 Å². The van der Waals surface area contributed by atoms with Crippen molar-refractivity contribution in [3.63, 3.8) is 0 Å². The molecule has 1 amide bonds. The summed E-state index contributed by atoms with van der Waals surface area (Å²) in [5.74, 6) is -0.127. The van der Waals surface area contributed by atoms with E-state index >= 15 is 0 Å². The summed E-state index contributed by atoms with van der Waals surface area (Å²) in [5, 5.41) is 13.1. The molecule has 2 rings (SSSR count). The zero-order chi connectivity index (χ0) is 13.9. The van der Waals surface area contributed by atoms with Crippen molar-refractivity contribution < 1.29 is 14.6 Å². The van der Waals surface area contributed by atoms with Crippen molar-refractivity contribution in [3.8, 4) is 0 Å². The zero-order valence-corrected chi connectivity index (χ0v) is 11.5. The molecule has 1 aromatic rings. The van der Waals surface area contributed by atoms with Crippen LogP contribution < -0.4 is 5.32 Å². The summed E-state index contributed by atoms with van der Waals surface area (Å²) >= 11 is 0. The van der Waals surface area contributed by atoms with Crippen molar-refractivity contribution in [1.82, 2.24) is 5.32 Å². The molecule has 19 heavy (non-hydrogen) atoms. The largest absolute Gasteiger partial charge is 0.388 e. The highest BCUT2D eigenvalue weighted by molar-refractivity contribution is 5.95. The van der Waals surface area contributed by atoms with E-state index in [0.29, 0.717) is 31.6 Å². The SMILES string of the molecule is Cc1ccc(C(=O)NCC2(O)CCOCC2)c(C)c1. The van der Waals surface area contributed by atoms with Gasteiger partial charge in [0.25, 0.3) is 5.91 Å². The number of aliphatic hydroxyl groups is 1. The molecule has 1 aliphatic rings. The van der Waals surface area contributed by atoms with Gasteiger partial charge in [-0.05, 0) is 25.5 Å². The maximum atomic E-state index is 12.1. The van der Waals surface area contributed by atoms with Gasteiger partial charge in [0.1, 0.15) is 0 Å². The highest BCUT2D eigenvalue weighted by atomic mass is 16.5. The Morgan fingerprint density at radius 1 is 1.37 bits per heavy atom. The molecule has 1 fully saturated rings. The Bertz CT molecular complexity index is 464. The van der Waals surface area contributed by atoms with Crippen molar-refractivity contribution in [3.05, 3.63) is 34.9 Å². The summed E-state index contributed by atoms with van der Waals surface area (Å²) in [6.45, 7) is 5.30. The number of hydrogen-bond donors (Lipinski definition) is 2. The van der Waals surface area contributed by atoms with E-state index in [4.69, 9.17) is 4.74 Å². The van der Waals surface area contributed by atoms with E-state index < -0.39 is 5.60 Å². The van der Waals surface area contributed by atoms with Crippen LogP contribution in [-0.2, 0) is 4.74 Å². The van der Waals surface area contributed by atoms with Crippen LogP contribution in [0.15, 0.2) is 18.2 Å². The molecule has 0 radical (unpaired) electrons. The summed E-state index contributed by atoms with van der Waals surface area (Å²) < 4.78 is 5.22. The van der Waals surface area contributed by atoms with Crippen molar-refractivity contribution in [1.29, 1.82) is 0 Å². The number of aryl methyl sites for hydroxylation is 2. The minimum absolute atomic E-state index is 0.127. The Hall–Kier alpha value is -1.39. The van der Waals surface area contributed by atoms with Crippen LogP contribution in [0.5, 0.6) is 0 Å². The quantitative estimate of drug-likeness (QED) is 0.870. The van der Waals surface area contributed by atoms with Gasteiger partial charge >= 0.3 is 0 Å². The number of rotatable bonds is 3. The molecule has 4 heteroatoms. The number of nitrogens with one attached hydrogen (secondary N) is 1. The smallest absolute Gasteiger partial charge is 0.251 e. The van der Waals surface area contributed by atoms with Crippen molar-refractivity contribution >= 4 is 5.91 Å². The Kier molecular flexibility index (Phi) is 4.22. The normalized spacial score (nSPS) is 18.1. The second-order valence-corrected chi connectivity index (χ2v) is 5.34. The second-order valence-electron chi connectivity index (χ2n) is 5.34. The number of carbonyl (C=O) groups excluding carboxylic acids is 1. The molecule has 0 atom stereocenters. The van der Waals surface area contributed by atoms with E-state index in [-0.39, 0.29) is 12.5 Å². The van der Waals surface area contributed by atoms with Gasteiger partial charge in [-0.25, -0.2) is 0 Å². The lowest BCUT2D eigenvalue weighted by Gasteiger charge is -2.32. The summed E-state index contributed by atoms with van der Waals surface area (Å²) in [4.78, 5) is 12.1. The molecule has 0 bridgehead atoms. The number of carbonyl (C=O) groups is 1. The van der Waals surface area contributed by atoms with Gasteiger partial charge in [0.15, 0.2) is 0 Å². The van der Waals surface area contributed by atoms with Gasteiger partial charge in [-0.3, -0.25) is 4.79 Å². The molecule has 104 valence electrons. The second kappa shape index (κ2) is 5.72. The average molecular weight is 263 g/mol. The molecule has 1 saturated heterocycles. The standard InChI is InChI=1S/C15H21NO3/c1-11-3-4-13(12(2)9-11)14(17)16-10-15(18)5-7-19-8-6-15/h3-4,9,18H,5-8,10H2,1-2H3,(H,16,17). The molecular formula is C15H21NO3. The average Bonchev–Trinajstić information content (AvgIpc) is 2.37. The number of amides is 1. The predicted molar refractivity (Wildman–Crippen MR) is 73.3 cm³/mol. The van der Waals surface area contributed by atoms with Gasteiger partial charge < -0.3 is 15.2 Å². The van der Waals surface area contributed by atoms with E-state index in [1.165, 1.54) is 0 Å². The van der Waals surface area contributed by atoms with Crippen molar-refractivity contribution in [2.75, 3.05) is 19.8 Å². The Morgan fingerprint density at radius 2 is 2.05 bits per heavy atom. The van der Waals surface area contributed by atoms with Crippen LogP contribution >= 0.6 is 0 Å². The van der Waals surface area contributed by atoms with Gasteiger partial charge in [-0.2, -0.15) is 0 Å². The predicted octanol–water partition coefficient (Wildman–Crippen LogP) is 1.57. The Balaban J connectivity index is 1.97. The van der Waals surface area contributed by atoms with E-state index in [1.54, 1.807) is 0 Å². The first-order valence-corrected chi connectivity index (χ1v) is 6.66. The van der Waals surface area contributed by atoms with Gasteiger partial charge in [0.2, 0.25) is 0 Å². The molecule has 2 N–H and O–H groups in total. The summed E-state index contributed by atoms with van der Waals surface area (Å²) in [6, 6.07) is 5.73. The van der Waals surface area contributed by atoms with Gasteiger partial charge in [0.05, 0.1) is 5.60 Å². The maximum absolute atomic E-state index is 12.1. The highest BCUT2D eigenvalue weighted by Crippen LogP contribution is 2.19. The first-order valence-electron chi connectivity index (χ1n) is 6.66. The number of benzene rings is 1. The van der Waals surface area contributed by atoms with Crippen molar-refractivity contribution in [2.24, 2.45) is 0 Å². The minimum atomic E-state index is -0.827. The highest BCUT2D eigenvalue weighted by Gasteiger charge is 2.30. The molecule has 4 nitrogen and oxygen atoms in total. The van der Waals surface area contributed by atoms with E-state index in [0.717, 1.165) is 11.1 Å². The number of hydrogen-bond acceptors (Lipinski definition) is 3. The summed E-state index contributed by atoms with van der Waals surface area (Å²) in [7, 11) is 0. The fraction of sp³-hybridized carbons (Fsp3) is 0.533. The third-order valence-corrected chi connectivity index (χ3v) is 3.63. The fourth-order valence-corrected chi connectivity index (χ4v) is 2.34. The Labute approximate surface area is 113 Å². The lowest BCUT2D eigenvalue weighted by Crippen LogP contribution is -2.46. The lowest BCUT2D eigenvalue weighted by atomic mass is 9.94. The third-order valence-electron chi connectivity index (χ3n) is 3.63. The lowest BCUT2D eigenvalue weighted by molar-refractivity contribution is -0.0605. The molecule has 1 heterocycles. The third kappa shape index (κ3) is 3.55. The summed E-state index contributed by atoms with van der Waals surface area (Å²) in [6.07, 6.45) is 1.14. The first kappa shape index (κ1) is 14.0. The van der Waals surface area contributed by atoms with Crippen LogP contribution in [0.4, 0.5) is 0 Å². The van der Waals surface area contributed by atoms with Gasteiger partial charge in [0, 0.05) is 38.2 Å². The molecule has 0 spiro atoms.